The molecule has 0 rings (SSSR count). The number of rotatable bonds is 10. The number of hydrogen-bond acceptors (Lipinski definition) is 7. The van der Waals surface area contributed by atoms with Crippen molar-refractivity contribution in [2.75, 3.05) is 13.2 Å². The highest BCUT2D eigenvalue weighted by Crippen LogP contribution is 2.20. The third-order valence-electron chi connectivity index (χ3n) is 2.78. The molecule has 3 atom stereocenters. The van der Waals surface area contributed by atoms with E-state index in [0.29, 0.717) is 0 Å². The number of aliphatic hydroxyl groups is 2. The quantitative estimate of drug-likeness (QED) is 0.294. The maximum absolute atomic E-state index is 11.6. The van der Waals surface area contributed by atoms with Gasteiger partial charge in [-0.05, 0) is 33.1 Å². The van der Waals surface area contributed by atoms with Crippen molar-refractivity contribution in [2.24, 2.45) is 11.7 Å². The molecule has 2 unspecified atom stereocenters. The highest BCUT2D eigenvalue weighted by atomic mass is 16.6. The van der Waals surface area contributed by atoms with Crippen LogP contribution in [0.15, 0.2) is 0 Å². The van der Waals surface area contributed by atoms with Crippen LogP contribution in [0.2, 0.25) is 0 Å². The molecule has 0 aromatic rings. The van der Waals surface area contributed by atoms with Gasteiger partial charge in [-0.2, -0.15) is 0 Å². The van der Waals surface area contributed by atoms with E-state index in [4.69, 9.17) is 10.5 Å². The van der Waals surface area contributed by atoms with Crippen molar-refractivity contribution < 1.29 is 29.3 Å². The fourth-order valence-corrected chi connectivity index (χ4v) is 1.90. The first-order chi connectivity index (χ1) is 9.60. The lowest BCUT2D eigenvalue weighted by atomic mass is 9.95. The summed E-state index contributed by atoms with van der Waals surface area (Å²) >= 11 is 0. The lowest BCUT2D eigenvalue weighted by Crippen LogP contribution is -2.42. The van der Waals surface area contributed by atoms with Crippen LogP contribution in [-0.2, 0) is 19.1 Å². The van der Waals surface area contributed by atoms with Gasteiger partial charge in [0.15, 0.2) is 5.79 Å². The summed E-state index contributed by atoms with van der Waals surface area (Å²) in [4.78, 5) is 22.9. The van der Waals surface area contributed by atoms with E-state index in [2.05, 4.69) is 4.74 Å². The zero-order chi connectivity index (χ0) is 16.6. The predicted octanol–water partition coefficient (Wildman–Crippen LogP) is -0.0319. The summed E-state index contributed by atoms with van der Waals surface area (Å²) in [6.45, 7) is 6.38. The Morgan fingerprint density at radius 1 is 1.33 bits per heavy atom. The van der Waals surface area contributed by atoms with Crippen LogP contribution < -0.4 is 5.73 Å². The van der Waals surface area contributed by atoms with Crippen LogP contribution in [0.25, 0.3) is 0 Å². The molecule has 21 heavy (non-hydrogen) atoms. The van der Waals surface area contributed by atoms with Gasteiger partial charge in [0.05, 0.1) is 18.8 Å². The van der Waals surface area contributed by atoms with Gasteiger partial charge in [0, 0.05) is 13.0 Å². The number of ether oxygens (including phenoxy) is 2. The van der Waals surface area contributed by atoms with E-state index in [1.54, 1.807) is 13.8 Å². The molecule has 0 aromatic carbocycles. The molecule has 0 amide bonds. The summed E-state index contributed by atoms with van der Waals surface area (Å²) in [5.74, 6) is -3.13. The molecule has 0 spiro atoms. The number of carbonyl (C=O) groups is 2. The van der Waals surface area contributed by atoms with Crippen molar-refractivity contribution in [1.29, 1.82) is 0 Å². The molecule has 0 saturated carbocycles. The third kappa shape index (κ3) is 8.77. The highest BCUT2D eigenvalue weighted by molar-refractivity contribution is 6.33. The lowest BCUT2D eigenvalue weighted by Gasteiger charge is -2.30. The fraction of sp³-hybridized carbons (Fsp3) is 0.857. The minimum Gasteiger partial charge on any atom is -0.460 e. The highest BCUT2D eigenvalue weighted by Gasteiger charge is 2.29. The van der Waals surface area contributed by atoms with E-state index in [1.165, 1.54) is 13.8 Å². The van der Waals surface area contributed by atoms with Crippen molar-refractivity contribution in [3.05, 3.63) is 0 Å². The van der Waals surface area contributed by atoms with E-state index >= 15 is 0 Å². The van der Waals surface area contributed by atoms with E-state index in [-0.39, 0.29) is 31.9 Å². The van der Waals surface area contributed by atoms with E-state index in [9.17, 15) is 19.8 Å². The molecule has 0 heterocycles. The van der Waals surface area contributed by atoms with Crippen molar-refractivity contribution in [3.8, 4) is 0 Å². The fourth-order valence-electron chi connectivity index (χ4n) is 1.90. The van der Waals surface area contributed by atoms with Gasteiger partial charge >= 0.3 is 5.97 Å². The van der Waals surface area contributed by atoms with Gasteiger partial charge in [0.25, 0.3) is 0 Å². The van der Waals surface area contributed by atoms with Gasteiger partial charge < -0.3 is 25.4 Å². The molecule has 4 N–H and O–H groups in total. The monoisotopic (exact) mass is 305 g/mol. The maximum Gasteiger partial charge on any atom is 0.374 e. The minimum atomic E-state index is -1.42. The summed E-state index contributed by atoms with van der Waals surface area (Å²) < 4.78 is 9.98. The van der Waals surface area contributed by atoms with Crippen molar-refractivity contribution in [3.63, 3.8) is 0 Å². The molecule has 0 aliphatic carbocycles. The number of carbonyl (C=O) groups excluding carboxylic acids is 2. The largest absolute Gasteiger partial charge is 0.460 e. The van der Waals surface area contributed by atoms with Gasteiger partial charge in [-0.3, -0.25) is 4.79 Å². The molecule has 0 saturated heterocycles. The molecular weight excluding hydrogens is 278 g/mol. The van der Waals surface area contributed by atoms with E-state index < -0.39 is 29.7 Å². The van der Waals surface area contributed by atoms with Crippen molar-refractivity contribution in [1.82, 2.24) is 0 Å². The standard InChI is InChI=1S/C14H27NO6/c1-5-20-13(18)10(16)6-9(2)7-12(11(17)8-15)21-14(3,4)19/h9,11-12,17,19H,5-8,15H2,1-4H3/t9?,11-,12?/m1/s1. The summed E-state index contributed by atoms with van der Waals surface area (Å²) in [6, 6.07) is 0. The minimum absolute atomic E-state index is 0.0121. The molecule has 7 nitrogen and oxygen atoms in total. The summed E-state index contributed by atoms with van der Waals surface area (Å²) in [5, 5.41) is 19.5. The average molecular weight is 305 g/mol. The lowest BCUT2D eigenvalue weighted by molar-refractivity contribution is -0.227. The molecule has 0 radical (unpaired) electrons. The zero-order valence-corrected chi connectivity index (χ0v) is 13.2. The summed E-state index contributed by atoms with van der Waals surface area (Å²) in [6.07, 6.45) is -1.41. The van der Waals surface area contributed by atoms with Gasteiger partial charge in [0.2, 0.25) is 5.78 Å². The SMILES string of the molecule is CCOC(=O)C(=O)CC(C)CC(OC(C)(C)O)[C@H](O)CN. The average Bonchev–Trinajstić information content (AvgIpc) is 2.35. The van der Waals surface area contributed by atoms with Gasteiger partial charge in [-0.15, -0.1) is 0 Å². The predicted molar refractivity (Wildman–Crippen MR) is 76.3 cm³/mol. The van der Waals surface area contributed by atoms with Crippen LogP contribution in [0.4, 0.5) is 0 Å². The third-order valence-corrected chi connectivity index (χ3v) is 2.78. The second-order valence-corrected chi connectivity index (χ2v) is 5.59. The van der Waals surface area contributed by atoms with Crippen molar-refractivity contribution >= 4 is 11.8 Å². The first kappa shape index (κ1) is 20.0. The van der Waals surface area contributed by atoms with Crippen LogP contribution in [0.5, 0.6) is 0 Å². The van der Waals surface area contributed by atoms with E-state index in [0.717, 1.165) is 0 Å². The molecule has 7 heteroatoms. The first-order valence-corrected chi connectivity index (χ1v) is 7.09. The smallest absolute Gasteiger partial charge is 0.374 e. The van der Waals surface area contributed by atoms with Gasteiger partial charge in [0.1, 0.15) is 0 Å². The molecule has 0 aliphatic rings. The zero-order valence-electron chi connectivity index (χ0n) is 13.2. The Morgan fingerprint density at radius 3 is 2.33 bits per heavy atom. The van der Waals surface area contributed by atoms with Crippen LogP contribution in [0, 0.1) is 5.92 Å². The Kier molecular flexibility index (Phi) is 8.65. The Balaban J connectivity index is 4.56. The summed E-state index contributed by atoms with van der Waals surface area (Å²) in [5.41, 5.74) is 5.40. The Hall–Kier alpha value is -1.02. The molecule has 0 aromatic heterocycles. The molecule has 0 bridgehead atoms. The van der Waals surface area contributed by atoms with Crippen LogP contribution in [0.3, 0.4) is 0 Å². The molecule has 124 valence electrons. The Labute approximate surface area is 125 Å². The second-order valence-electron chi connectivity index (χ2n) is 5.59. The molecule has 0 fully saturated rings. The number of Topliss-reactive ketones (excluding diaryl/α,β-unsaturated/α-hetero) is 1. The molecular formula is C14H27NO6. The topological polar surface area (TPSA) is 119 Å². The Bertz CT molecular complexity index is 339. The number of aliphatic hydroxyl groups excluding tert-OH is 1. The second kappa shape index (κ2) is 9.09. The number of nitrogens with two attached hydrogens (primary N) is 1. The van der Waals surface area contributed by atoms with Gasteiger partial charge in [-0.1, -0.05) is 6.92 Å². The first-order valence-electron chi connectivity index (χ1n) is 7.09. The number of hydrogen-bond donors (Lipinski definition) is 3. The van der Waals surface area contributed by atoms with Gasteiger partial charge in [-0.25, -0.2) is 4.79 Å². The number of esters is 1. The summed E-state index contributed by atoms with van der Waals surface area (Å²) in [7, 11) is 0. The van der Waals surface area contributed by atoms with Crippen LogP contribution in [0.1, 0.15) is 40.5 Å². The molecule has 0 aliphatic heterocycles. The Morgan fingerprint density at radius 2 is 1.90 bits per heavy atom. The van der Waals surface area contributed by atoms with Crippen LogP contribution in [-0.4, -0.2) is 53.1 Å². The number of ketones is 1. The van der Waals surface area contributed by atoms with Crippen molar-refractivity contribution in [2.45, 2.75) is 58.5 Å². The van der Waals surface area contributed by atoms with Crippen LogP contribution >= 0.6 is 0 Å². The van der Waals surface area contributed by atoms with E-state index in [1.807, 2.05) is 0 Å². The normalized spacial score (nSPS) is 16.1. The maximum atomic E-state index is 11.6.